The standard InChI is InChI=1S/C13H11F3N4S.ClH/c14-13(15,16)10-6(2-1-3-18-10)11-19-20-12(21-11)9-7-4-17-5-8(7)9;/h1-3,7-9,17H,4-5H2;1H/t7-,8+,9?;. The molecule has 0 spiro atoms. The molecule has 0 aromatic carbocycles. The smallest absolute Gasteiger partial charge is 0.316 e. The Balaban J connectivity index is 0.00000144. The van der Waals surface area contributed by atoms with Gasteiger partial charge in [-0.05, 0) is 37.1 Å². The predicted molar refractivity (Wildman–Crippen MR) is 78.0 cm³/mol. The number of piperidine rings is 1. The van der Waals surface area contributed by atoms with Gasteiger partial charge in [-0.25, -0.2) is 0 Å². The van der Waals surface area contributed by atoms with Crippen molar-refractivity contribution in [2.45, 2.75) is 12.1 Å². The highest BCUT2D eigenvalue weighted by Crippen LogP contribution is 2.56. The molecule has 1 aliphatic carbocycles. The van der Waals surface area contributed by atoms with Gasteiger partial charge in [0, 0.05) is 17.7 Å². The van der Waals surface area contributed by atoms with E-state index in [4.69, 9.17) is 0 Å². The number of aromatic nitrogens is 3. The van der Waals surface area contributed by atoms with Gasteiger partial charge in [0.25, 0.3) is 0 Å². The van der Waals surface area contributed by atoms with Crippen molar-refractivity contribution in [1.82, 2.24) is 20.5 Å². The van der Waals surface area contributed by atoms with Gasteiger partial charge in [0.05, 0.1) is 0 Å². The van der Waals surface area contributed by atoms with Crippen molar-refractivity contribution in [3.05, 3.63) is 29.0 Å². The van der Waals surface area contributed by atoms with E-state index in [9.17, 15) is 13.2 Å². The number of pyridine rings is 1. The summed E-state index contributed by atoms with van der Waals surface area (Å²) in [7, 11) is 0. The number of hydrogen-bond acceptors (Lipinski definition) is 5. The van der Waals surface area contributed by atoms with E-state index >= 15 is 0 Å². The molecule has 0 bridgehead atoms. The Kier molecular flexibility index (Phi) is 3.86. The summed E-state index contributed by atoms with van der Waals surface area (Å²) in [6.45, 7) is 1.93. The molecule has 0 amide bonds. The molecule has 118 valence electrons. The highest BCUT2D eigenvalue weighted by atomic mass is 35.5. The van der Waals surface area contributed by atoms with Crippen LogP contribution in [0.15, 0.2) is 18.3 Å². The number of nitrogens with zero attached hydrogens (tertiary/aromatic N) is 3. The minimum atomic E-state index is -4.48. The predicted octanol–water partition coefficient (Wildman–Crippen LogP) is 2.97. The minimum absolute atomic E-state index is 0. The van der Waals surface area contributed by atoms with Crippen molar-refractivity contribution in [2.75, 3.05) is 13.1 Å². The lowest BCUT2D eigenvalue weighted by Crippen LogP contribution is -2.13. The maximum atomic E-state index is 13.0. The molecule has 3 heterocycles. The maximum absolute atomic E-state index is 13.0. The van der Waals surface area contributed by atoms with Crippen molar-refractivity contribution in [3.8, 4) is 10.6 Å². The van der Waals surface area contributed by atoms with Gasteiger partial charge in [-0.1, -0.05) is 11.3 Å². The van der Waals surface area contributed by atoms with Crippen LogP contribution in [0.1, 0.15) is 16.6 Å². The Hall–Kier alpha value is -1.25. The van der Waals surface area contributed by atoms with Gasteiger partial charge >= 0.3 is 6.18 Å². The molecule has 1 aliphatic heterocycles. The van der Waals surface area contributed by atoms with Crippen LogP contribution < -0.4 is 5.32 Å². The fraction of sp³-hybridized carbons (Fsp3) is 0.462. The first kappa shape index (κ1) is 15.6. The minimum Gasteiger partial charge on any atom is -0.316 e. The summed E-state index contributed by atoms with van der Waals surface area (Å²) >= 11 is 1.25. The highest BCUT2D eigenvalue weighted by Gasteiger charge is 2.55. The quantitative estimate of drug-likeness (QED) is 0.906. The van der Waals surface area contributed by atoms with Crippen LogP contribution in [-0.4, -0.2) is 28.3 Å². The lowest BCUT2D eigenvalue weighted by atomic mass is 10.2. The van der Waals surface area contributed by atoms with E-state index in [1.807, 2.05) is 0 Å². The summed E-state index contributed by atoms with van der Waals surface area (Å²) < 4.78 is 39.0. The van der Waals surface area contributed by atoms with Crippen molar-refractivity contribution in [3.63, 3.8) is 0 Å². The molecular formula is C13H12ClF3N4S. The van der Waals surface area contributed by atoms with Crippen LogP contribution in [0.25, 0.3) is 10.6 Å². The molecule has 0 radical (unpaired) electrons. The molecule has 2 aromatic rings. The van der Waals surface area contributed by atoms with E-state index in [2.05, 4.69) is 20.5 Å². The van der Waals surface area contributed by atoms with Crippen LogP contribution in [0.5, 0.6) is 0 Å². The third-order valence-electron chi connectivity index (χ3n) is 4.12. The summed E-state index contributed by atoms with van der Waals surface area (Å²) in [5.41, 5.74) is -0.886. The molecule has 4 rings (SSSR count). The SMILES string of the molecule is Cl.FC(F)(F)c1ncccc1-c1nnc(C2[C@H]3CNC[C@@H]23)s1. The van der Waals surface area contributed by atoms with Crippen molar-refractivity contribution >= 4 is 23.7 Å². The van der Waals surface area contributed by atoms with Gasteiger partial charge < -0.3 is 5.32 Å². The van der Waals surface area contributed by atoms with Crippen molar-refractivity contribution < 1.29 is 13.2 Å². The topological polar surface area (TPSA) is 50.7 Å². The molecule has 22 heavy (non-hydrogen) atoms. The van der Waals surface area contributed by atoms with Gasteiger partial charge in [-0.3, -0.25) is 4.98 Å². The van der Waals surface area contributed by atoms with Crippen LogP contribution >= 0.6 is 23.7 Å². The van der Waals surface area contributed by atoms with E-state index in [1.165, 1.54) is 23.5 Å². The molecule has 2 fully saturated rings. The Morgan fingerprint density at radius 3 is 2.59 bits per heavy atom. The van der Waals surface area contributed by atoms with E-state index in [-0.39, 0.29) is 18.0 Å². The molecule has 3 atom stereocenters. The Bertz CT molecular complexity index is 680. The molecule has 1 saturated carbocycles. The number of rotatable bonds is 2. The lowest BCUT2D eigenvalue weighted by molar-refractivity contribution is -0.140. The van der Waals surface area contributed by atoms with E-state index in [0.29, 0.717) is 22.8 Å². The number of hydrogen-bond donors (Lipinski definition) is 1. The van der Waals surface area contributed by atoms with Gasteiger partial charge in [0.1, 0.15) is 10.0 Å². The first-order valence-electron chi connectivity index (χ1n) is 6.62. The van der Waals surface area contributed by atoms with Gasteiger partial charge in [0.15, 0.2) is 5.69 Å². The van der Waals surface area contributed by atoms with Crippen molar-refractivity contribution in [2.24, 2.45) is 11.8 Å². The zero-order valence-corrected chi connectivity index (χ0v) is 12.8. The monoisotopic (exact) mass is 348 g/mol. The summed E-state index contributed by atoms with van der Waals surface area (Å²) in [6.07, 6.45) is -3.34. The zero-order chi connectivity index (χ0) is 14.6. The van der Waals surface area contributed by atoms with E-state index < -0.39 is 11.9 Å². The lowest BCUT2D eigenvalue weighted by Gasteiger charge is -2.08. The maximum Gasteiger partial charge on any atom is 0.434 e. The molecule has 2 aromatic heterocycles. The van der Waals surface area contributed by atoms with E-state index in [0.717, 1.165) is 24.3 Å². The normalized spacial score (nSPS) is 26.4. The second-order valence-electron chi connectivity index (χ2n) is 5.35. The average Bonchev–Trinajstić information content (AvgIpc) is 2.88. The molecule has 1 unspecified atom stereocenters. The van der Waals surface area contributed by atoms with Crippen molar-refractivity contribution in [1.29, 1.82) is 0 Å². The Morgan fingerprint density at radius 2 is 1.91 bits per heavy atom. The third-order valence-corrected chi connectivity index (χ3v) is 5.18. The fourth-order valence-corrected chi connectivity index (χ4v) is 4.19. The summed E-state index contributed by atoms with van der Waals surface area (Å²) in [5.74, 6) is 1.51. The van der Waals surface area contributed by atoms with Crippen LogP contribution in [0.2, 0.25) is 0 Å². The highest BCUT2D eigenvalue weighted by molar-refractivity contribution is 7.14. The van der Waals surface area contributed by atoms with Crippen LogP contribution in [0, 0.1) is 11.8 Å². The van der Waals surface area contributed by atoms with Crippen LogP contribution in [-0.2, 0) is 6.18 Å². The average molecular weight is 349 g/mol. The molecule has 9 heteroatoms. The molecule has 1 saturated heterocycles. The summed E-state index contributed by atoms with van der Waals surface area (Å²) in [6, 6.07) is 2.89. The first-order chi connectivity index (χ1) is 10.1. The molecular weight excluding hydrogens is 337 g/mol. The number of halogens is 4. The van der Waals surface area contributed by atoms with Gasteiger partial charge in [-0.15, -0.1) is 22.6 Å². The van der Waals surface area contributed by atoms with Crippen LogP contribution in [0.4, 0.5) is 13.2 Å². The summed E-state index contributed by atoms with van der Waals surface area (Å²) in [4.78, 5) is 3.46. The Morgan fingerprint density at radius 1 is 1.18 bits per heavy atom. The molecule has 4 nitrogen and oxygen atoms in total. The second kappa shape index (κ2) is 5.43. The fourth-order valence-electron chi connectivity index (χ4n) is 3.07. The summed E-state index contributed by atoms with van der Waals surface area (Å²) in [5, 5.41) is 12.5. The number of nitrogens with one attached hydrogen (secondary N) is 1. The third kappa shape index (κ3) is 2.49. The van der Waals surface area contributed by atoms with E-state index in [1.54, 1.807) is 0 Å². The van der Waals surface area contributed by atoms with Gasteiger partial charge in [-0.2, -0.15) is 13.2 Å². The Labute approximate surface area is 134 Å². The van der Waals surface area contributed by atoms with Gasteiger partial charge in [0.2, 0.25) is 0 Å². The molecule has 2 aliphatic rings. The van der Waals surface area contributed by atoms with Crippen LogP contribution in [0.3, 0.4) is 0 Å². The first-order valence-corrected chi connectivity index (χ1v) is 7.44. The molecule has 1 N–H and O–H groups in total. The second-order valence-corrected chi connectivity index (χ2v) is 6.36. The zero-order valence-electron chi connectivity index (χ0n) is 11.2. The largest absolute Gasteiger partial charge is 0.434 e. The number of fused-ring (bicyclic) bond motifs is 1. The number of alkyl halides is 3.